The number of rotatable bonds is 4. The number of carbonyl (C=O) groups is 1. The van der Waals surface area contributed by atoms with E-state index in [2.05, 4.69) is 4.74 Å². The van der Waals surface area contributed by atoms with Crippen LogP contribution >= 0.6 is 0 Å². The van der Waals surface area contributed by atoms with Crippen molar-refractivity contribution in [2.45, 2.75) is 25.1 Å². The molecular weight excluding hydrogens is 287 g/mol. The second-order valence-corrected chi connectivity index (χ2v) is 3.87. The molecule has 0 heterocycles. The summed E-state index contributed by atoms with van der Waals surface area (Å²) in [6, 6.07) is 2.45. The fraction of sp³-hybridized carbons (Fsp3) is 0.417. The normalized spacial score (nSPS) is 13.9. The van der Waals surface area contributed by atoms with Gasteiger partial charge in [-0.3, -0.25) is 0 Å². The third kappa shape index (κ3) is 3.44. The lowest BCUT2D eigenvalue weighted by atomic mass is 10.0. The smallest absolute Gasteiger partial charge is 0.416 e. The molecule has 0 bridgehead atoms. The zero-order valence-corrected chi connectivity index (χ0v) is 10.2. The monoisotopic (exact) mass is 298 g/mol. The van der Waals surface area contributed by atoms with Gasteiger partial charge < -0.3 is 9.84 Å². The first kappa shape index (κ1) is 16.4. The van der Waals surface area contributed by atoms with Gasteiger partial charge in [0.15, 0.2) is 6.10 Å². The lowest BCUT2D eigenvalue weighted by molar-refractivity contribution is -0.189. The summed E-state index contributed by atoms with van der Waals surface area (Å²) in [6.07, 6.45) is -7.20. The highest BCUT2D eigenvalue weighted by atomic mass is 19.4. The largest absolute Gasteiger partial charge is 0.461 e. The molecule has 1 N–H and O–H groups in total. The summed E-state index contributed by atoms with van der Waals surface area (Å²) >= 11 is 0. The van der Waals surface area contributed by atoms with Crippen molar-refractivity contribution < 1.29 is 36.6 Å². The molecule has 0 aliphatic carbocycles. The number of aliphatic hydroxyl groups excluding tert-OH is 1. The van der Waals surface area contributed by atoms with Crippen LogP contribution in [0.5, 0.6) is 0 Å². The second kappa shape index (κ2) is 5.74. The summed E-state index contributed by atoms with van der Waals surface area (Å²) in [4.78, 5) is 11.0. The number of ether oxygens (including phenoxy) is 1. The van der Waals surface area contributed by atoms with Crippen LogP contribution in [0.1, 0.15) is 24.2 Å². The third-order valence-electron chi connectivity index (χ3n) is 2.44. The Labute approximate surface area is 111 Å². The summed E-state index contributed by atoms with van der Waals surface area (Å²) in [5.74, 6) is -6.18. The molecule has 20 heavy (non-hydrogen) atoms. The maximum Gasteiger partial charge on any atom is 0.416 e. The quantitative estimate of drug-likeness (QED) is 0.686. The molecule has 1 atom stereocenters. The number of halogens is 5. The van der Waals surface area contributed by atoms with Crippen LogP contribution in [-0.4, -0.2) is 23.6 Å². The van der Waals surface area contributed by atoms with E-state index in [0.29, 0.717) is 24.3 Å². The summed E-state index contributed by atoms with van der Waals surface area (Å²) in [6.45, 7) is 0.993. The molecule has 0 saturated heterocycles. The van der Waals surface area contributed by atoms with E-state index in [1.165, 1.54) is 6.92 Å². The molecule has 0 saturated carbocycles. The first-order chi connectivity index (χ1) is 9.10. The summed E-state index contributed by atoms with van der Waals surface area (Å²) in [5, 5.41) is 9.41. The van der Waals surface area contributed by atoms with Gasteiger partial charge in [0.2, 0.25) is 0 Å². The molecule has 1 unspecified atom stereocenters. The molecule has 1 aromatic carbocycles. The van der Waals surface area contributed by atoms with Crippen LogP contribution in [0.15, 0.2) is 24.3 Å². The number of alkyl halides is 5. The first-order valence-electron chi connectivity index (χ1n) is 5.51. The molecule has 8 heteroatoms. The minimum Gasteiger partial charge on any atom is -0.461 e. The van der Waals surface area contributed by atoms with Crippen molar-refractivity contribution in [2.24, 2.45) is 0 Å². The topological polar surface area (TPSA) is 46.5 Å². The van der Waals surface area contributed by atoms with Crippen molar-refractivity contribution in [3.8, 4) is 0 Å². The molecule has 0 spiro atoms. The Morgan fingerprint density at radius 1 is 1.20 bits per heavy atom. The average molecular weight is 298 g/mol. The molecule has 1 aromatic rings. The Bertz CT molecular complexity index is 467. The van der Waals surface area contributed by atoms with Crippen molar-refractivity contribution in [2.75, 3.05) is 6.61 Å². The van der Waals surface area contributed by atoms with Gasteiger partial charge in [0.05, 0.1) is 12.2 Å². The highest BCUT2D eigenvalue weighted by Crippen LogP contribution is 2.35. The molecule has 0 amide bonds. The van der Waals surface area contributed by atoms with Gasteiger partial charge in [-0.15, -0.1) is 0 Å². The van der Waals surface area contributed by atoms with E-state index >= 15 is 0 Å². The zero-order chi connectivity index (χ0) is 15.6. The van der Waals surface area contributed by atoms with Crippen LogP contribution in [0, 0.1) is 0 Å². The predicted molar refractivity (Wildman–Crippen MR) is 58.0 cm³/mol. The predicted octanol–water partition coefficient (Wildman–Crippen LogP) is 2.94. The Hall–Kier alpha value is -1.70. The fourth-order valence-corrected chi connectivity index (χ4v) is 1.40. The summed E-state index contributed by atoms with van der Waals surface area (Å²) < 4.78 is 67.9. The fourth-order valence-electron chi connectivity index (χ4n) is 1.40. The van der Waals surface area contributed by atoms with Crippen molar-refractivity contribution in [3.63, 3.8) is 0 Å². The Morgan fingerprint density at radius 2 is 1.70 bits per heavy atom. The second-order valence-electron chi connectivity index (χ2n) is 3.87. The Kier molecular flexibility index (Phi) is 4.69. The maximum atomic E-state index is 13.5. The van der Waals surface area contributed by atoms with E-state index in [9.17, 15) is 31.9 Å². The van der Waals surface area contributed by atoms with Crippen LogP contribution in [0.4, 0.5) is 22.0 Å². The van der Waals surface area contributed by atoms with Crippen LogP contribution < -0.4 is 0 Å². The number of carbonyl (C=O) groups excluding carboxylic acids is 1. The van der Waals surface area contributed by atoms with E-state index < -0.39 is 35.3 Å². The number of aliphatic hydroxyl groups is 1. The van der Waals surface area contributed by atoms with Crippen LogP contribution in [0.3, 0.4) is 0 Å². The SMILES string of the molecule is CCOC(=O)C(F)(F)C(O)c1ccc(C(F)(F)F)cc1. The maximum absolute atomic E-state index is 13.5. The molecule has 0 fully saturated rings. The zero-order valence-electron chi connectivity index (χ0n) is 10.2. The number of hydrogen-bond donors (Lipinski definition) is 1. The van der Waals surface area contributed by atoms with Crippen molar-refractivity contribution in [3.05, 3.63) is 35.4 Å². The van der Waals surface area contributed by atoms with Gasteiger partial charge in [0, 0.05) is 0 Å². The van der Waals surface area contributed by atoms with Gasteiger partial charge in [-0.05, 0) is 24.6 Å². The molecule has 0 aromatic heterocycles. The van der Waals surface area contributed by atoms with Gasteiger partial charge in [0.1, 0.15) is 0 Å². The lowest BCUT2D eigenvalue weighted by Crippen LogP contribution is -2.37. The number of esters is 1. The number of hydrogen-bond acceptors (Lipinski definition) is 3. The van der Waals surface area contributed by atoms with Crippen LogP contribution in [0.25, 0.3) is 0 Å². The summed E-state index contributed by atoms with van der Waals surface area (Å²) in [7, 11) is 0. The van der Waals surface area contributed by atoms with Crippen LogP contribution in [0.2, 0.25) is 0 Å². The van der Waals surface area contributed by atoms with E-state index in [1.54, 1.807) is 0 Å². The Balaban J connectivity index is 2.97. The van der Waals surface area contributed by atoms with Gasteiger partial charge in [-0.1, -0.05) is 12.1 Å². The minimum absolute atomic E-state index is 0.311. The number of benzene rings is 1. The third-order valence-corrected chi connectivity index (χ3v) is 2.44. The van der Waals surface area contributed by atoms with Gasteiger partial charge in [-0.25, -0.2) is 4.79 Å². The molecule has 0 aliphatic rings. The van der Waals surface area contributed by atoms with Crippen molar-refractivity contribution >= 4 is 5.97 Å². The minimum atomic E-state index is -4.62. The van der Waals surface area contributed by atoms with E-state index in [1.807, 2.05) is 0 Å². The highest BCUT2D eigenvalue weighted by Gasteiger charge is 2.49. The Morgan fingerprint density at radius 3 is 2.10 bits per heavy atom. The van der Waals surface area contributed by atoms with E-state index in [4.69, 9.17) is 0 Å². The van der Waals surface area contributed by atoms with Crippen molar-refractivity contribution in [1.82, 2.24) is 0 Å². The summed E-state index contributed by atoms with van der Waals surface area (Å²) in [5.41, 5.74) is -1.57. The molecule has 112 valence electrons. The molecular formula is C12H11F5O3. The van der Waals surface area contributed by atoms with Crippen molar-refractivity contribution in [1.29, 1.82) is 0 Å². The van der Waals surface area contributed by atoms with Gasteiger partial charge in [0.25, 0.3) is 0 Å². The molecule has 0 aliphatic heterocycles. The van der Waals surface area contributed by atoms with Gasteiger partial charge >= 0.3 is 18.1 Å². The molecule has 1 rings (SSSR count). The van der Waals surface area contributed by atoms with Gasteiger partial charge in [-0.2, -0.15) is 22.0 Å². The van der Waals surface area contributed by atoms with E-state index in [0.717, 1.165) is 0 Å². The van der Waals surface area contributed by atoms with E-state index in [-0.39, 0.29) is 6.61 Å². The first-order valence-corrected chi connectivity index (χ1v) is 5.51. The molecule has 3 nitrogen and oxygen atoms in total. The molecule has 0 radical (unpaired) electrons. The highest BCUT2D eigenvalue weighted by molar-refractivity contribution is 5.78. The lowest BCUT2D eigenvalue weighted by Gasteiger charge is -2.21. The standard InChI is InChI=1S/C12H11F5O3/c1-2-20-10(19)11(13,14)9(18)7-3-5-8(6-4-7)12(15,16)17/h3-6,9,18H,2H2,1H3. The van der Waals surface area contributed by atoms with Crippen LogP contribution in [-0.2, 0) is 15.7 Å². The average Bonchev–Trinajstić information content (AvgIpc) is 2.37.